The van der Waals surface area contributed by atoms with Crippen LogP contribution < -0.4 is 14.9 Å². The molecule has 9 heteroatoms. The Morgan fingerprint density at radius 1 is 1.03 bits per heavy atom. The first-order chi connectivity index (χ1) is 18.2. The van der Waals surface area contributed by atoms with Gasteiger partial charge in [0.05, 0.1) is 11.5 Å². The van der Waals surface area contributed by atoms with Gasteiger partial charge in [0.2, 0.25) is 0 Å². The minimum absolute atomic E-state index is 0.227. The van der Waals surface area contributed by atoms with Gasteiger partial charge in [0, 0.05) is 10.6 Å². The zero-order valence-corrected chi connectivity index (χ0v) is 23.9. The first-order valence-electron chi connectivity index (χ1n) is 12.0. The molecule has 2 amide bonds. The van der Waals surface area contributed by atoms with Crippen molar-refractivity contribution in [3.63, 3.8) is 0 Å². The Hall–Kier alpha value is -3.33. The van der Waals surface area contributed by atoms with E-state index in [1.165, 1.54) is 22.8 Å². The van der Waals surface area contributed by atoms with Crippen molar-refractivity contribution in [1.82, 2.24) is 10.4 Å². The van der Waals surface area contributed by atoms with Crippen molar-refractivity contribution >= 4 is 57.8 Å². The van der Waals surface area contributed by atoms with Crippen molar-refractivity contribution in [2.24, 2.45) is 0 Å². The molecule has 1 aliphatic rings. The minimum atomic E-state index is -0.482. The normalized spacial score (nSPS) is 14.2. The highest BCUT2D eigenvalue weighted by Crippen LogP contribution is 2.35. The van der Waals surface area contributed by atoms with Gasteiger partial charge >= 0.3 is 0 Å². The number of thiocarbonyl (C=S) groups is 1. The van der Waals surface area contributed by atoms with E-state index < -0.39 is 11.8 Å². The molecule has 38 heavy (non-hydrogen) atoms. The van der Waals surface area contributed by atoms with Crippen LogP contribution in [0.15, 0.2) is 59.5 Å². The molecule has 1 saturated heterocycles. The fourth-order valence-corrected chi connectivity index (χ4v) is 5.21. The Labute approximate surface area is 236 Å². The Morgan fingerprint density at radius 3 is 2.53 bits per heavy atom. The number of nitrogens with zero attached hydrogens (tertiary/aromatic N) is 1. The smallest absolute Gasteiger partial charge is 0.285 e. The summed E-state index contributed by atoms with van der Waals surface area (Å²) in [6.45, 7) is 9.03. The number of hydrogen-bond donors (Lipinski definition) is 1. The SMILES string of the molecule is CCOc1cc(/C=C2/SC(=S)N(NC(=O)c3cccc(Cl)c3)C2=O)ccc1OCc1cc(C)c(C)cc1C. The summed E-state index contributed by atoms with van der Waals surface area (Å²) in [5, 5.41) is 1.49. The van der Waals surface area contributed by atoms with Gasteiger partial charge in [-0.05, 0) is 104 Å². The molecule has 3 aromatic carbocycles. The highest BCUT2D eigenvalue weighted by atomic mass is 35.5. The van der Waals surface area contributed by atoms with Crippen molar-refractivity contribution < 1.29 is 19.1 Å². The van der Waals surface area contributed by atoms with Gasteiger partial charge < -0.3 is 9.47 Å². The van der Waals surface area contributed by atoms with Crippen molar-refractivity contribution in [3.8, 4) is 11.5 Å². The van der Waals surface area contributed by atoms with Gasteiger partial charge in [0.15, 0.2) is 15.8 Å². The zero-order valence-electron chi connectivity index (χ0n) is 21.5. The van der Waals surface area contributed by atoms with E-state index in [0.29, 0.717) is 40.2 Å². The van der Waals surface area contributed by atoms with Crippen LogP contribution in [0.4, 0.5) is 0 Å². The Kier molecular flexibility index (Phi) is 8.76. The van der Waals surface area contributed by atoms with Crippen LogP contribution in [-0.4, -0.2) is 27.8 Å². The second kappa shape index (κ2) is 12.0. The predicted octanol–water partition coefficient (Wildman–Crippen LogP) is 6.79. The number of rotatable bonds is 8. The molecule has 0 bridgehead atoms. The van der Waals surface area contributed by atoms with E-state index in [-0.39, 0.29) is 4.32 Å². The molecule has 1 heterocycles. The Bertz CT molecular complexity index is 1450. The molecule has 0 unspecified atom stereocenters. The molecule has 0 atom stereocenters. The lowest BCUT2D eigenvalue weighted by Gasteiger charge is -2.16. The first kappa shape index (κ1) is 27.7. The lowest BCUT2D eigenvalue weighted by atomic mass is 10.0. The quantitative estimate of drug-likeness (QED) is 0.239. The third-order valence-corrected chi connectivity index (χ3v) is 7.53. The average Bonchev–Trinajstić information content (AvgIpc) is 3.13. The molecule has 0 spiro atoms. The van der Waals surface area contributed by atoms with Crippen molar-refractivity contribution in [2.45, 2.75) is 34.3 Å². The van der Waals surface area contributed by atoms with E-state index in [2.05, 4.69) is 38.3 Å². The van der Waals surface area contributed by atoms with Crippen LogP contribution in [0.25, 0.3) is 6.08 Å². The fraction of sp³-hybridized carbons (Fsp3) is 0.207. The van der Waals surface area contributed by atoms with E-state index in [9.17, 15) is 9.59 Å². The summed E-state index contributed by atoms with van der Waals surface area (Å²) < 4.78 is 12.2. The van der Waals surface area contributed by atoms with Crippen LogP contribution in [0, 0.1) is 20.8 Å². The fourth-order valence-electron chi connectivity index (χ4n) is 3.84. The Balaban J connectivity index is 1.50. The van der Waals surface area contributed by atoms with Gasteiger partial charge in [-0.25, -0.2) is 0 Å². The minimum Gasteiger partial charge on any atom is -0.490 e. The number of benzene rings is 3. The van der Waals surface area contributed by atoms with Gasteiger partial charge in [-0.3, -0.25) is 15.0 Å². The third kappa shape index (κ3) is 6.38. The molecule has 1 fully saturated rings. The molecule has 0 radical (unpaired) electrons. The van der Waals surface area contributed by atoms with Crippen molar-refractivity contribution in [3.05, 3.63) is 97.9 Å². The van der Waals surface area contributed by atoms with Crippen LogP contribution in [0.1, 0.15) is 45.1 Å². The highest BCUT2D eigenvalue weighted by molar-refractivity contribution is 8.26. The molecule has 0 saturated carbocycles. The second-order valence-electron chi connectivity index (χ2n) is 8.76. The standard InChI is InChI=1S/C29H27ClN2O4S2/c1-5-35-25-13-20(9-10-24(25)36-16-22-12-18(3)17(2)11-19(22)4)14-26-28(34)32(29(37)38-26)31-27(33)21-7-6-8-23(30)15-21/h6-15H,5,16H2,1-4H3,(H,31,33)/b26-14+. The number of thioether (sulfide) groups is 1. The molecule has 1 aliphatic heterocycles. The zero-order chi connectivity index (χ0) is 27.4. The van der Waals surface area contributed by atoms with E-state index in [1.807, 2.05) is 25.1 Å². The number of nitrogens with one attached hydrogen (secondary N) is 1. The number of ether oxygens (including phenoxy) is 2. The summed E-state index contributed by atoms with van der Waals surface area (Å²) in [5.41, 5.74) is 8.38. The summed E-state index contributed by atoms with van der Waals surface area (Å²) in [5.74, 6) is 0.290. The number of hydrogen-bond acceptors (Lipinski definition) is 6. The maximum Gasteiger partial charge on any atom is 0.285 e. The summed E-state index contributed by atoms with van der Waals surface area (Å²) in [6.07, 6.45) is 1.71. The number of hydrazine groups is 1. The molecule has 0 aromatic heterocycles. The maximum atomic E-state index is 13.0. The van der Waals surface area contributed by atoms with Crippen LogP contribution >= 0.6 is 35.6 Å². The van der Waals surface area contributed by atoms with Gasteiger partial charge in [-0.2, -0.15) is 5.01 Å². The highest BCUT2D eigenvalue weighted by Gasteiger charge is 2.34. The van der Waals surface area contributed by atoms with Crippen LogP contribution in [0.2, 0.25) is 5.02 Å². The lowest BCUT2D eigenvalue weighted by molar-refractivity contribution is -0.123. The van der Waals surface area contributed by atoms with Gasteiger partial charge in [-0.1, -0.05) is 47.6 Å². The summed E-state index contributed by atoms with van der Waals surface area (Å²) in [6, 6.07) is 16.3. The van der Waals surface area contributed by atoms with Gasteiger partial charge in [0.1, 0.15) is 6.61 Å². The summed E-state index contributed by atoms with van der Waals surface area (Å²) >= 11 is 12.4. The first-order valence-corrected chi connectivity index (χ1v) is 13.6. The summed E-state index contributed by atoms with van der Waals surface area (Å²) in [4.78, 5) is 26.0. The molecule has 4 rings (SSSR count). The molecular weight excluding hydrogens is 540 g/mol. The molecule has 3 aromatic rings. The second-order valence-corrected chi connectivity index (χ2v) is 10.9. The monoisotopic (exact) mass is 566 g/mol. The van der Waals surface area contributed by atoms with Crippen molar-refractivity contribution in [1.29, 1.82) is 0 Å². The average molecular weight is 567 g/mol. The number of amides is 2. The molecule has 0 aliphatic carbocycles. The van der Waals surface area contributed by atoms with E-state index >= 15 is 0 Å². The van der Waals surface area contributed by atoms with E-state index in [1.54, 1.807) is 24.3 Å². The number of carbonyl (C=O) groups is 2. The largest absolute Gasteiger partial charge is 0.490 e. The van der Waals surface area contributed by atoms with Gasteiger partial charge in [-0.15, -0.1) is 0 Å². The van der Waals surface area contributed by atoms with Crippen molar-refractivity contribution in [2.75, 3.05) is 6.61 Å². The van der Waals surface area contributed by atoms with E-state index in [0.717, 1.165) is 27.9 Å². The van der Waals surface area contributed by atoms with E-state index in [4.69, 9.17) is 33.3 Å². The third-order valence-electron chi connectivity index (χ3n) is 5.99. The summed E-state index contributed by atoms with van der Waals surface area (Å²) in [7, 11) is 0. The molecular formula is C29H27ClN2O4S2. The predicted molar refractivity (Wildman–Crippen MR) is 157 cm³/mol. The maximum absolute atomic E-state index is 13.0. The topological polar surface area (TPSA) is 67.9 Å². The van der Waals surface area contributed by atoms with Crippen LogP contribution in [-0.2, 0) is 11.4 Å². The molecule has 1 N–H and O–H groups in total. The van der Waals surface area contributed by atoms with Crippen LogP contribution in [0.5, 0.6) is 11.5 Å². The van der Waals surface area contributed by atoms with Gasteiger partial charge in [0.25, 0.3) is 11.8 Å². The molecule has 196 valence electrons. The number of halogens is 1. The number of aryl methyl sites for hydroxylation is 3. The Morgan fingerprint density at radius 2 is 1.79 bits per heavy atom. The van der Waals surface area contributed by atoms with Crippen LogP contribution in [0.3, 0.4) is 0 Å². The lowest BCUT2D eigenvalue weighted by Crippen LogP contribution is -2.44. The number of carbonyl (C=O) groups excluding carboxylic acids is 2. The molecule has 6 nitrogen and oxygen atoms in total.